The lowest BCUT2D eigenvalue weighted by Gasteiger charge is -2.40. The van der Waals surface area contributed by atoms with Gasteiger partial charge in [-0.3, -0.25) is 19.6 Å². The maximum absolute atomic E-state index is 12.9. The van der Waals surface area contributed by atoms with Gasteiger partial charge in [0.1, 0.15) is 17.7 Å². The maximum Gasteiger partial charge on any atom is 0.328 e. The van der Waals surface area contributed by atoms with Crippen LogP contribution in [-0.2, 0) is 11.3 Å². The number of rotatable bonds is 8. The van der Waals surface area contributed by atoms with Gasteiger partial charge in [0.15, 0.2) is 6.17 Å². The number of nitrogens with zero attached hydrogens (tertiary/aromatic N) is 5. The molecule has 4 rings (SSSR count). The van der Waals surface area contributed by atoms with Gasteiger partial charge < -0.3 is 10.6 Å². The van der Waals surface area contributed by atoms with E-state index in [-0.39, 0.29) is 11.9 Å². The molecule has 162 valence electrons. The topological polar surface area (TPSA) is 103 Å². The number of urea groups is 1. The van der Waals surface area contributed by atoms with Crippen molar-refractivity contribution in [3.05, 3.63) is 54.0 Å². The highest BCUT2D eigenvalue weighted by molar-refractivity contribution is 6.08. The quantitative estimate of drug-likeness (QED) is 0.678. The van der Waals surface area contributed by atoms with Crippen LogP contribution in [0.25, 0.3) is 0 Å². The molecule has 1 fully saturated rings. The number of carbonyl (C=O) groups excluding carboxylic acids is 2. The van der Waals surface area contributed by atoms with E-state index in [4.69, 9.17) is 4.99 Å². The number of imide groups is 1. The normalized spacial score (nSPS) is 20.4. The van der Waals surface area contributed by atoms with E-state index in [1.165, 1.54) is 4.90 Å². The second kappa shape index (κ2) is 9.11. The number of hydrogen-bond acceptors (Lipinski definition) is 7. The molecule has 0 aromatic carbocycles. The lowest BCUT2D eigenvalue weighted by molar-refractivity contribution is -0.134. The van der Waals surface area contributed by atoms with Crippen LogP contribution in [0.3, 0.4) is 0 Å². The highest BCUT2D eigenvalue weighted by Gasteiger charge is 2.49. The zero-order valence-corrected chi connectivity index (χ0v) is 17.8. The predicted molar refractivity (Wildman–Crippen MR) is 117 cm³/mol. The summed E-state index contributed by atoms with van der Waals surface area (Å²) in [7, 11) is 0. The molecule has 0 radical (unpaired) electrons. The van der Waals surface area contributed by atoms with Crippen molar-refractivity contribution < 1.29 is 9.59 Å². The standard InChI is InChI=1S/C22H27N7O2/c1-3-11-28-20-18(21(30)29(12-4-2)22(28)31)26-19(27-20)15-8-9-17(24-13-15)25-14-16-7-5-6-10-23-16/h5-10,13,18,20H,3-4,11-12,14H2,1-2H3,(H,24,25)(H,26,27). The molecule has 2 aromatic heterocycles. The van der Waals surface area contributed by atoms with E-state index in [9.17, 15) is 9.59 Å². The van der Waals surface area contributed by atoms with Crippen molar-refractivity contribution in [1.29, 1.82) is 0 Å². The number of fused-ring (bicyclic) bond motifs is 1. The Kier molecular flexibility index (Phi) is 6.11. The summed E-state index contributed by atoms with van der Waals surface area (Å²) in [5.41, 5.74) is 1.70. The second-order valence-corrected chi connectivity index (χ2v) is 7.59. The Balaban J connectivity index is 1.49. The monoisotopic (exact) mass is 421 g/mol. The van der Waals surface area contributed by atoms with E-state index in [2.05, 4.69) is 20.6 Å². The highest BCUT2D eigenvalue weighted by Crippen LogP contribution is 2.25. The number of amides is 3. The molecule has 2 atom stereocenters. The van der Waals surface area contributed by atoms with Crippen LogP contribution in [0.2, 0.25) is 0 Å². The Morgan fingerprint density at radius 1 is 1.06 bits per heavy atom. The van der Waals surface area contributed by atoms with Crippen molar-refractivity contribution in [3.8, 4) is 0 Å². The molecule has 3 amide bonds. The predicted octanol–water partition coefficient (Wildman–Crippen LogP) is 2.22. The summed E-state index contributed by atoms with van der Waals surface area (Å²) in [6.45, 7) is 5.51. The molecule has 2 aliphatic heterocycles. The number of aliphatic imine (C=N–C) groups is 1. The summed E-state index contributed by atoms with van der Waals surface area (Å²) in [6, 6.07) is 8.72. The van der Waals surface area contributed by atoms with E-state index in [1.807, 2.05) is 44.2 Å². The Morgan fingerprint density at radius 3 is 2.58 bits per heavy atom. The van der Waals surface area contributed by atoms with E-state index in [1.54, 1.807) is 17.3 Å². The number of aromatic nitrogens is 2. The van der Waals surface area contributed by atoms with Crippen molar-refractivity contribution in [2.24, 2.45) is 4.99 Å². The molecule has 31 heavy (non-hydrogen) atoms. The fourth-order valence-electron chi connectivity index (χ4n) is 3.81. The molecular formula is C22H27N7O2. The van der Waals surface area contributed by atoms with Crippen LogP contribution in [0.4, 0.5) is 10.6 Å². The smallest absolute Gasteiger partial charge is 0.328 e. The first-order chi connectivity index (χ1) is 15.1. The SMILES string of the molecule is CCCN1C(=O)C2NC(c3ccc(NCc4ccccn4)nc3)=NC2N(CCC)C1=O. The van der Waals surface area contributed by atoms with Crippen molar-refractivity contribution in [2.45, 2.75) is 45.4 Å². The Hall–Kier alpha value is -3.49. The van der Waals surface area contributed by atoms with Gasteiger partial charge in [-0.25, -0.2) is 14.8 Å². The molecule has 1 saturated heterocycles. The summed E-state index contributed by atoms with van der Waals surface area (Å²) in [6.07, 6.45) is 4.47. The minimum absolute atomic E-state index is 0.218. The molecular weight excluding hydrogens is 394 g/mol. The van der Waals surface area contributed by atoms with Gasteiger partial charge in [-0.05, 0) is 37.1 Å². The van der Waals surface area contributed by atoms with Crippen molar-refractivity contribution in [1.82, 2.24) is 25.1 Å². The third kappa shape index (κ3) is 4.21. The second-order valence-electron chi connectivity index (χ2n) is 7.59. The summed E-state index contributed by atoms with van der Waals surface area (Å²) in [5, 5.41) is 6.47. The molecule has 0 bridgehead atoms. The molecule has 2 aliphatic rings. The molecule has 0 aliphatic carbocycles. The molecule has 2 aromatic rings. The van der Waals surface area contributed by atoms with E-state index >= 15 is 0 Å². The van der Waals surface area contributed by atoms with Crippen LogP contribution in [0.1, 0.15) is 37.9 Å². The minimum atomic E-state index is -0.562. The molecule has 4 heterocycles. The third-order valence-electron chi connectivity index (χ3n) is 5.31. The van der Waals surface area contributed by atoms with Gasteiger partial charge in [0.2, 0.25) is 0 Å². The summed E-state index contributed by atoms with van der Waals surface area (Å²) >= 11 is 0. The Morgan fingerprint density at radius 2 is 1.90 bits per heavy atom. The van der Waals surface area contributed by atoms with Crippen LogP contribution in [0.15, 0.2) is 47.7 Å². The summed E-state index contributed by atoms with van der Waals surface area (Å²) in [4.78, 5) is 42.2. The van der Waals surface area contributed by atoms with Gasteiger partial charge in [0.25, 0.3) is 5.91 Å². The highest BCUT2D eigenvalue weighted by atomic mass is 16.2. The lowest BCUT2D eigenvalue weighted by atomic mass is 10.1. The fourth-order valence-corrected chi connectivity index (χ4v) is 3.81. The van der Waals surface area contributed by atoms with Gasteiger partial charge in [0, 0.05) is 31.0 Å². The van der Waals surface area contributed by atoms with E-state index < -0.39 is 12.2 Å². The number of anilines is 1. The molecule has 9 nitrogen and oxygen atoms in total. The molecule has 0 saturated carbocycles. The largest absolute Gasteiger partial charge is 0.364 e. The zero-order valence-electron chi connectivity index (χ0n) is 17.8. The fraction of sp³-hybridized carbons (Fsp3) is 0.409. The van der Waals surface area contributed by atoms with Crippen molar-refractivity contribution >= 4 is 23.6 Å². The van der Waals surface area contributed by atoms with Gasteiger partial charge >= 0.3 is 6.03 Å². The van der Waals surface area contributed by atoms with Gasteiger partial charge in [-0.15, -0.1) is 0 Å². The van der Waals surface area contributed by atoms with E-state index in [0.717, 1.165) is 29.9 Å². The number of pyridine rings is 2. The molecule has 9 heteroatoms. The first-order valence-corrected chi connectivity index (χ1v) is 10.7. The minimum Gasteiger partial charge on any atom is -0.364 e. The Labute approximate surface area is 181 Å². The average molecular weight is 422 g/mol. The lowest BCUT2D eigenvalue weighted by Crippen LogP contribution is -2.65. The van der Waals surface area contributed by atoms with Gasteiger partial charge in [-0.1, -0.05) is 19.9 Å². The number of amidine groups is 1. The van der Waals surface area contributed by atoms with Crippen LogP contribution < -0.4 is 10.6 Å². The maximum atomic E-state index is 12.9. The average Bonchev–Trinajstić information content (AvgIpc) is 3.25. The van der Waals surface area contributed by atoms with Crippen LogP contribution in [-0.4, -0.2) is 62.8 Å². The van der Waals surface area contributed by atoms with E-state index in [0.29, 0.717) is 25.5 Å². The first-order valence-electron chi connectivity index (χ1n) is 10.7. The summed E-state index contributed by atoms with van der Waals surface area (Å²) in [5.74, 6) is 1.09. The zero-order chi connectivity index (χ0) is 21.8. The number of nitrogens with one attached hydrogen (secondary N) is 2. The third-order valence-corrected chi connectivity index (χ3v) is 5.31. The summed E-state index contributed by atoms with van der Waals surface area (Å²) < 4.78 is 0. The van der Waals surface area contributed by atoms with Crippen LogP contribution in [0.5, 0.6) is 0 Å². The van der Waals surface area contributed by atoms with Gasteiger partial charge in [0.05, 0.1) is 12.2 Å². The molecule has 2 N–H and O–H groups in total. The molecule has 0 spiro atoms. The number of carbonyl (C=O) groups is 2. The molecule has 2 unspecified atom stereocenters. The van der Waals surface area contributed by atoms with Crippen molar-refractivity contribution in [3.63, 3.8) is 0 Å². The van der Waals surface area contributed by atoms with Gasteiger partial charge in [-0.2, -0.15) is 0 Å². The van der Waals surface area contributed by atoms with Crippen LogP contribution in [0, 0.1) is 0 Å². The first kappa shape index (κ1) is 20.8. The number of hydrogen-bond donors (Lipinski definition) is 2. The Bertz CT molecular complexity index is 962. The van der Waals surface area contributed by atoms with Crippen LogP contribution >= 0.6 is 0 Å². The van der Waals surface area contributed by atoms with Crippen molar-refractivity contribution in [2.75, 3.05) is 18.4 Å².